The van der Waals surface area contributed by atoms with Crippen molar-refractivity contribution in [3.63, 3.8) is 0 Å². The molecule has 0 saturated heterocycles. The molecule has 0 aromatic heterocycles. The van der Waals surface area contributed by atoms with Crippen LogP contribution in [-0.2, 0) is 6.42 Å². The van der Waals surface area contributed by atoms with Crippen molar-refractivity contribution in [1.29, 1.82) is 0 Å². The SMILES string of the molecule is CCNC(Cc1cc(Cl)c([N+](=O)[O-])cc1C)C(C)(C)C. The Bertz CT molecular complexity index is 495. The highest BCUT2D eigenvalue weighted by Gasteiger charge is 2.25. The molecule has 1 unspecified atom stereocenters. The van der Waals surface area contributed by atoms with E-state index in [2.05, 4.69) is 33.0 Å². The van der Waals surface area contributed by atoms with Crippen LogP contribution in [0.15, 0.2) is 12.1 Å². The lowest BCUT2D eigenvalue weighted by Gasteiger charge is -2.32. The van der Waals surface area contributed by atoms with E-state index in [0.29, 0.717) is 6.04 Å². The molecule has 0 amide bonds. The van der Waals surface area contributed by atoms with Crippen LogP contribution < -0.4 is 5.32 Å². The van der Waals surface area contributed by atoms with Gasteiger partial charge < -0.3 is 5.32 Å². The fourth-order valence-corrected chi connectivity index (χ4v) is 2.47. The minimum atomic E-state index is -0.440. The van der Waals surface area contributed by atoms with Crippen LogP contribution >= 0.6 is 11.6 Å². The van der Waals surface area contributed by atoms with Gasteiger partial charge in [-0.25, -0.2) is 0 Å². The average Bonchev–Trinajstić information content (AvgIpc) is 2.31. The Morgan fingerprint density at radius 1 is 1.40 bits per heavy atom. The normalized spacial score (nSPS) is 13.3. The quantitative estimate of drug-likeness (QED) is 0.657. The largest absolute Gasteiger partial charge is 0.313 e. The summed E-state index contributed by atoms with van der Waals surface area (Å²) in [5.41, 5.74) is 2.05. The average molecular weight is 299 g/mol. The molecule has 0 aliphatic heterocycles. The van der Waals surface area contributed by atoms with E-state index in [1.807, 2.05) is 6.92 Å². The number of benzene rings is 1. The van der Waals surface area contributed by atoms with Crippen LogP contribution in [0.1, 0.15) is 38.8 Å². The van der Waals surface area contributed by atoms with Crippen molar-refractivity contribution in [3.05, 3.63) is 38.4 Å². The van der Waals surface area contributed by atoms with Crippen molar-refractivity contribution in [2.24, 2.45) is 5.41 Å². The molecule has 0 saturated carbocycles. The fourth-order valence-electron chi connectivity index (χ4n) is 2.22. The minimum absolute atomic E-state index is 0.0244. The van der Waals surface area contributed by atoms with Crippen LogP contribution in [0.5, 0.6) is 0 Å². The summed E-state index contributed by atoms with van der Waals surface area (Å²) in [5, 5.41) is 14.6. The van der Waals surface area contributed by atoms with Crippen LogP contribution in [0.3, 0.4) is 0 Å². The van der Waals surface area contributed by atoms with E-state index in [4.69, 9.17) is 11.6 Å². The van der Waals surface area contributed by atoms with E-state index < -0.39 is 4.92 Å². The highest BCUT2D eigenvalue weighted by Crippen LogP contribution is 2.30. The molecular formula is C15H23ClN2O2. The van der Waals surface area contributed by atoms with Gasteiger partial charge in [-0.2, -0.15) is 0 Å². The third-order valence-electron chi connectivity index (χ3n) is 3.52. The lowest BCUT2D eigenvalue weighted by atomic mass is 9.82. The van der Waals surface area contributed by atoms with Gasteiger partial charge in [0, 0.05) is 12.1 Å². The van der Waals surface area contributed by atoms with Crippen LogP contribution in [0, 0.1) is 22.5 Å². The Labute approximate surface area is 125 Å². The van der Waals surface area contributed by atoms with Gasteiger partial charge in [0.15, 0.2) is 0 Å². The first kappa shape index (κ1) is 16.9. The summed E-state index contributed by atoms with van der Waals surface area (Å²) in [6, 6.07) is 3.58. The molecule has 20 heavy (non-hydrogen) atoms. The van der Waals surface area contributed by atoms with Crippen LogP contribution in [0.4, 0.5) is 5.69 Å². The number of hydrogen-bond donors (Lipinski definition) is 1. The van der Waals surface area contributed by atoms with E-state index >= 15 is 0 Å². The van der Waals surface area contributed by atoms with Gasteiger partial charge in [0.1, 0.15) is 5.02 Å². The molecule has 0 aliphatic carbocycles. The highest BCUT2D eigenvalue weighted by atomic mass is 35.5. The van der Waals surface area contributed by atoms with Gasteiger partial charge in [-0.15, -0.1) is 0 Å². The summed E-state index contributed by atoms with van der Waals surface area (Å²) in [4.78, 5) is 10.4. The zero-order chi connectivity index (χ0) is 15.5. The predicted molar refractivity (Wildman–Crippen MR) is 83.5 cm³/mol. The van der Waals surface area contributed by atoms with Gasteiger partial charge in [-0.1, -0.05) is 39.3 Å². The number of nitrogens with one attached hydrogen (secondary N) is 1. The number of nitrogens with zero attached hydrogens (tertiary/aromatic N) is 1. The maximum Gasteiger partial charge on any atom is 0.288 e. The van der Waals surface area contributed by atoms with Crippen molar-refractivity contribution in [1.82, 2.24) is 5.32 Å². The number of nitro benzene ring substituents is 1. The Kier molecular flexibility index (Phi) is 5.54. The molecule has 1 aromatic carbocycles. The lowest BCUT2D eigenvalue weighted by molar-refractivity contribution is -0.384. The van der Waals surface area contributed by atoms with Crippen LogP contribution in [0.25, 0.3) is 0 Å². The third-order valence-corrected chi connectivity index (χ3v) is 3.82. The molecule has 1 N–H and O–H groups in total. The summed E-state index contributed by atoms with van der Waals surface area (Å²) < 4.78 is 0. The maximum absolute atomic E-state index is 10.9. The number of nitro groups is 1. The first-order valence-electron chi connectivity index (χ1n) is 6.83. The molecule has 0 heterocycles. The molecule has 0 radical (unpaired) electrons. The topological polar surface area (TPSA) is 55.2 Å². The second-order valence-corrected chi connectivity index (χ2v) is 6.57. The minimum Gasteiger partial charge on any atom is -0.313 e. The molecule has 0 aliphatic rings. The Balaban J connectivity index is 3.08. The number of halogens is 1. The smallest absolute Gasteiger partial charge is 0.288 e. The standard InChI is InChI=1S/C15H23ClN2O2/c1-6-17-14(15(3,4)5)9-11-8-12(16)13(18(19)20)7-10(11)2/h7-8,14,17H,6,9H2,1-5H3. The summed E-state index contributed by atoms with van der Waals surface area (Å²) >= 11 is 6.01. The Morgan fingerprint density at radius 2 is 2.00 bits per heavy atom. The van der Waals surface area contributed by atoms with Crippen LogP contribution in [-0.4, -0.2) is 17.5 Å². The summed E-state index contributed by atoms with van der Waals surface area (Å²) in [6.45, 7) is 11.4. The zero-order valence-corrected chi connectivity index (χ0v) is 13.5. The van der Waals surface area contributed by atoms with E-state index in [1.165, 1.54) is 0 Å². The number of rotatable bonds is 5. The molecule has 5 heteroatoms. The first-order valence-corrected chi connectivity index (χ1v) is 7.21. The van der Waals surface area contributed by atoms with Gasteiger partial charge in [-0.3, -0.25) is 10.1 Å². The van der Waals surface area contributed by atoms with Gasteiger partial charge >= 0.3 is 0 Å². The molecule has 1 atom stereocenters. The monoisotopic (exact) mass is 298 g/mol. The summed E-state index contributed by atoms with van der Waals surface area (Å²) in [7, 11) is 0. The molecule has 0 bridgehead atoms. The van der Waals surface area contributed by atoms with Crippen molar-refractivity contribution in [2.75, 3.05) is 6.54 Å². The lowest BCUT2D eigenvalue weighted by Crippen LogP contribution is -2.42. The molecule has 112 valence electrons. The molecule has 4 nitrogen and oxygen atoms in total. The van der Waals surface area contributed by atoms with E-state index in [9.17, 15) is 10.1 Å². The second kappa shape index (κ2) is 6.55. The third kappa shape index (κ3) is 4.18. The maximum atomic E-state index is 10.9. The number of aryl methyl sites for hydroxylation is 1. The molecule has 0 spiro atoms. The van der Waals surface area contributed by atoms with Crippen molar-refractivity contribution >= 4 is 17.3 Å². The van der Waals surface area contributed by atoms with E-state index in [1.54, 1.807) is 12.1 Å². The molecule has 0 fully saturated rings. The van der Waals surface area contributed by atoms with Gasteiger partial charge in [0.2, 0.25) is 0 Å². The Morgan fingerprint density at radius 3 is 2.45 bits per heavy atom. The van der Waals surface area contributed by atoms with Crippen molar-refractivity contribution < 1.29 is 4.92 Å². The van der Waals surface area contributed by atoms with Crippen LogP contribution in [0.2, 0.25) is 5.02 Å². The predicted octanol–water partition coefficient (Wildman–Crippen LogP) is 4.12. The highest BCUT2D eigenvalue weighted by molar-refractivity contribution is 6.32. The van der Waals surface area contributed by atoms with E-state index in [0.717, 1.165) is 24.1 Å². The van der Waals surface area contributed by atoms with Gasteiger partial charge in [0.25, 0.3) is 5.69 Å². The van der Waals surface area contributed by atoms with Gasteiger partial charge in [0.05, 0.1) is 4.92 Å². The number of likely N-dealkylation sites (N-methyl/N-ethyl adjacent to an activating group) is 1. The summed E-state index contributed by atoms with van der Waals surface area (Å²) in [6.07, 6.45) is 0.806. The van der Waals surface area contributed by atoms with E-state index in [-0.39, 0.29) is 16.1 Å². The summed E-state index contributed by atoms with van der Waals surface area (Å²) in [5.74, 6) is 0. The van der Waals surface area contributed by atoms with Crippen molar-refractivity contribution in [2.45, 2.75) is 47.1 Å². The molecule has 1 aromatic rings. The van der Waals surface area contributed by atoms with Gasteiger partial charge in [-0.05, 0) is 42.5 Å². The fraction of sp³-hybridized carbons (Fsp3) is 0.600. The number of hydrogen-bond acceptors (Lipinski definition) is 3. The second-order valence-electron chi connectivity index (χ2n) is 6.17. The zero-order valence-electron chi connectivity index (χ0n) is 12.8. The first-order chi connectivity index (χ1) is 9.16. The van der Waals surface area contributed by atoms with Crippen molar-refractivity contribution in [3.8, 4) is 0 Å². The Hall–Kier alpha value is -1.13. The molecule has 1 rings (SSSR count). The molecular weight excluding hydrogens is 276 g/mol.